The van der Waals surface area contributed by atoms with Gasteiger partial charge in [0.1, 0.15) is 30.5 Å². The summed E-state index contributed by atoms with van der Waals surface area (Å²) in [5.74, 6) is 0. The lowest BCUT2D eigenvalue weighted by molar-refractivity contribution is -0.356. The molecule has 0 aromatic rings. The van der Waals surface area contributed by atoms with Crippen LogP contribution in [0.3, 0.4) is 0 Å². The van der Waals surface area contributed by atoms with Crippen LogP contribution in [0.1, 0.15) is 6.42 Å². The highest BCUT2D eigenvalue weighted by molar-refractivity contribution is 6.69. The summed E-state index contributed by atoms with van der Waals surface area (Å²) in [4.78, 5) is 0. The molecule has 2 heterocycles. The van der Waals surface area contributed by atoms with Gasteiger partial charge >= 0.3 is 0 Å². The highest BCUT2D eigenvalue weighted by Gasteiger charge is 2.51. The average molecular weight is 1140 g/mol. The van der Waals surface area contributed by atoms with Crippen LogP contribution in [0.2, 0.25) is 0 Å². The first-order chi connectivity index (χ1) is 28.2. The van der Waals surface area contributed by atoms with Gasteiger partial charge in [-0.25, -0.2) is 0 Å². The molecule has 2 saturated heterocycles. The van der Waals surface area contributed by atoms with Crippen LogP contribution in [0.5, 0.6) is 0 Å². The minimum Gasteiger partial charge on any atom is -0.385 e. The van der Waals surface area contributed by atoms with Gasteiger partial charge in [0, 0.05) is 6.42 Å². The maximum Gasteiger partial charge on any atom is 0.240 e. The third kappa shape index (κ3) is 23.3. The van der Waals surface area contributed by atoms with Crippen LogP contribution in [-0.2, 0) is 56.8 Å². The summed E-state index contributed by atoms with van der Waals surface area (Å²) in [6.45, 7) is -1.81. The summed E-state index contributed by atoms with van der Waals surface area (Å²) in [6, 6.07) is 0. The molecule has 0 aromatic carbocycles. The molecule has 0 aromatic heterocycles. The molecule has 2 rings (SSSR count). The van der Waals surface area contributed by atoms with Crippen molar-refractivity contribution in [2.24, 2.45) is 0 Å². The number of hydrogen-bond acceptors (Lipinski definition) is 19. The highest BCUT2D eigenvalue weighted by atomic mass is 35.6. The van der Waals surface area contributed by atoms with Crippen molar-refractivity contribution in [3.05, 3.63) is 0 Å². The van der Waals surface area contributed by atoms with Gasteiger partial charge < -0.3 is 92.6 Å². The molecule has 0 radical (unpaired) electrons. The van der Waals surface area contributed by atoms with E-state index in [1.54, 1.807) is 0 Å². The van der Waals surface area contributed by atoms with Crippen LogP contribution in [0, 0.1) is 0 Å². The fourth-order valence-corrected chi connectivity index (χ4v) is 5.69. The molecular weight excluding hydrogens is 1090 g/mol. The largest absolute Gasteiger partial charge is 0.385 e. The van der Waals surface area contributed by atoms with E-state index >= 15 is 0 Å². The summed E-state index contributed by atoms with van der Waals surface area (Å²) in [5, 5.41) is 72.6. The first-order valence-electron chi connectivity index (χ1n) is 17.7. The Bertz CT molecular complexity index is 1190. The summed E-state index contributed by atoms with van der Waals surface area (Å²) in [6.07, 6.45) is -20.9. The van der Waals surface area contributed by atoms with Gasteiger partial charge in [-0.3, -0.25) is 0 Å². The number of alkyl halides is 12. The molecule has 61 heavy (non-hydrogen) atoms. The second-order valence-corrected chi connectivity index (χ2v) is 22.1. The number of aliphatic hydroxyl groups is 7. The molecule has 13 atom stereocenters. The topological polar surface area (TPSA) is 252 Å². The van der Waals surface area contributed by atoms with E-state index in [1.807, 2.05) is 0 Å². The van der Waals surface area contributed by atoms with Gasteiger partial charge in [0.25, 0.3) is 0 Å². The van der Waals surface area contributed by atoms with E-state index in [0.717, 1.165) is 0 Å². The molecule has 31 heteroatoms. The van der Waals surface area contributed by atoms with E-state index in [4.69, 9.17) is 196 Å². The van der Waals surface area contributed by atoms with Crippen molar-refractivity contribution >= 4 is 139 Å². The number of ether oxygens (including phenoxy) is 12. The molecule has 2 aliphatic rings. The van der Waals surface area contributed by atoms with Crippen molar-refractivity contribution < 1.29 is 92.6 Å². The normalized spacial score (nSPS) is 29.1. The smallest absolute Gasteiger partial charge is 0.240 e. The molecule has 4 unspecified atom stereocenters. The zero-order valence-corrected chi connectivity index (χ0v) is 40.3. The number of rotatable bonds is 27. The molecule has 0 amide bonds. The van der Waals surface area contributed by atoms with Gasteiger partial charge in [-0.15, -0.1) is 0 Å². The lowest BCUT2D eigenvalue weighted by Gasteiger charge is -2.46. The first kappa shape index (κ1) is 59.8. The lowest BCUT2D eigenvalue weighted by Crippen LogP contribution is -2.63. The Kier molecular flexibility index (Phi) is 28.5. The molecule has 0 spiro atoms. The predicted octanol–water partition coefficient (Wildman–Crippen LogP) is 2.57. The monoisotopic (exact) mass is 1130 g/mol. The van der Waals surface area contributed by atoms with E-state index in [-0.39, 0.29) is 79.1 Å². The fourth-order valence-electron chi connectivity index (χ4n) is 4.97. The van der Waals surface area contributed by atoms with Gasteiger partial charge in [0.2, 0.25) is 40.3 Å². The molecule has 2 fully saturated rings. The van der Waals surface area contributed by atoms with Crippen molar-refractivity contribution in [3.8, 4) is 0 Å². The number of aliphatic hydroxyl groups excluding tert-OH is 7. The maximum absolute atomic E-state index is 11.4. The second kappa shape index (κ2) is 29.0. The molecule has 364 valence electrons. The Morgan fingerprint density at radius 1 is 0.492 bits per heavy atom. The van der Waals surface area contributed by atoms with Crippen molar-refractivity contribution in [2.75, 3.05) is 79.3 Å². The molecular formula is C30H46Cl12O19. The Morgan fingerprint density at radius 3 is 1.41 bits per heavy atom. The third-order valence-corrected chi connectivity index (χ3v) is 10.1. The van der Waals surface area contributed by atoms with Crippen LogP contribution < -0.4 is 0 Å². The summed E-state index contributed by atoms with van der Waals surface area (Å²) >= 11 is 67.6. The van der Waals surface area contributed by atoms with Crippen molar-refractivity contribution in [2.45, 2.75) is 102 Å². The Hall–Kier alpha value is 2.72. The molecule has 19 nitrogen and oxygen atoms in total. The minimum atomic E-state index is -2.34. The summed E-state index contributed by atoms with van der Waals surface area (Å²) < 4.78 is 57.6. The van der Waals surface area contributed by atoms with E-state index < -0.39 is 102 Å². The zero-order valence-electron chi connectivity index (χ0n) is 31.3. The van der Waals surface area contributed by atoms with E-state index in [1.165, 1.54) is 0 Å². The Balaban J connectivity index is 2.19. The maximum atomic E-state index is 11.4. The summed E-state index contributed by atoms with van der Waals surface area (Å²) in [5.41, 5.74) is 0. The van der Waals surface area contributed by atoms with Crippen LogP contribution in [0.15, 0.2) is 0 Å². The van der Waals surface area contributed by atoms with Gasteiger partial charge in [0.05, 0.1) is 91.5 Å². The van der Waals surface area contributed by atoms with Crippen LogP contribution >= 0.6 is 139 Å². The standard InChI is InChI=1S/C30H46Cl12O19/c31-27(32,33)23(46)55-8-4-50-1-2-52-12-14-11-15(60-26(49)30(40,41)42)17(43)22(58-14)61-19-16(13-53-6-10-57-25(48)29(37,38)39)59-21(45)18(44)20(19)54-7-3-51-5-9-56-24(47)28(34,35)36/h14-26,43-49H,1-13H2/t14-,15-,16+,17+,18+,19+,20+,21+,22+,23?,24?,25?,26?/m0/s1. The first-order valence-corrected chi connectivity index (χ1v) is 22.2. The van der Waals surface area contributed by atoms with Crippen LogP contribution in [0.4, 0.5) is 0 Å². The number of halogens is 12. The van der Waals surface area contributed by atoms with Gasteiger partial charge in [-0.1, -0.05) is 139 Å². The summed E-state index contributed by atoms with van der Waals surface area (Å²) in [7, 11) is 0. The predicted molar refractivity (Wildman–Crippen MR) is 222 cm³/mol. The van der Waals surface area contributed by atoms with Gasteiger partial charge in [-0.05, 0) is 0 Å². The van der Waals surface area contributed by atoms with Crippen molar-refractivity contribution in [1.29, 1.82) is 0 Å². The number of hydrogen-bond donors (Lipinski definition) is 7. The molecule has 2 aliphatic heterocycles. The van der Waals surface area contributed by atoms with E-state index in [9.17, 15) is 35.7 Å². The zero-order chi connectivity index (χ0) is 46.2. The van der Waals surface area contributed by atoms with E-state index in [2.05, 4.69) is 0 Å². The second-order valence-electron chi connectivity index (χ2n) is 12.6. The van der Waals surface area contributed by atoms with Gasteiger partial charge in [0.15, 0.2) is 12.6 Å². The third-order valence-electron chi connectivity index (χ3n) is 7.84. The molecule has 0 bridgehead atoms. The van der Waals surface area contributed by atoms with Crippen molar-refractivity contribution in [1.82, 2.24) is 0 Å². The lowest BCUT2D eigenvalue weighted by atomic mass is 9.97. The Labute approximate surface area is 410 Å². The minimum absolute atomic E-state index is 0.000966. The van der Waals surface area contributed by atoms with Crippen molar-refractivity contribution in [3.63, 3.8) is 0 Å². The van der Waals surface area contributed by atoms with E-state index in [0.29, 0.717) is 0 Å². The fraction of sp³-hybridized carbons (Fsp3) is 1.00. The van der Waals surface area contributed by atoms with Crippen LogP contribution in [0.25, 0.3) is 0 Å². The SMILES string of the molecule is OC(OCCOCCOC[C@@H]1C[C@H](OC(O)C(Cl)(Cl)Cl)[C@@H](O)[C@@H](O[C@H]2[C@H](OCCOCCOC(O)C(Cl)(Cl)Cl)[C@@H](O)[C@H](O)O[C@@H]2COCCOC(O)C(Cl)(Cl)Cl)O1)C(Cl)(Cl)Cl. The molecule has 0 aliphatic carbocycles. The van der Waals surface area contributed by atoms with Crippen LogP contribution in [-0.4, -0.2) is 211 Å². The average Bonchev–Trinajstić information content (AvgIpc) is 3.14. The Morgan fingerprint density at radius 2 is 0.918 bits per heavy atom. The quantitative estimate of drug-likeness (QED) is 0.0355. The van der Waals surface area contributed by atoms with Gasteiger partial charge in [-0.2, -0.15) is 0 Å². The molecule has 7 N–H and O–H groups in total. The molecule has 0 saturated carbocycles. The highest BCUT2D eigenvalue weighted by Crippen LogP contribution is 2.36.